The van der Waals surface area contributed by atoms with E-state index in [1.807, 2.05) is 13.8 Å². The first-order valence-electron chi connectivity index (χ1n) is 7.95. The minimum absolute atomic E-state index is 0.141. The molecule has 5 nitrogen and oxygen atoms in total. The zero-order valence-corrected chi connectivity index (χ0v) is 14.5. The number of rotatable bonds is 4. The summed E-state index contributed by atoms with van der Waals surface area (Å²) >= 11 is 0. The van der Waals surface area contributed by atoms with Gasteiger partial charge >= 0.3 is 0 Å². The van der Waals surface area contributed by atoms with E-state index in [1.165, 1.54) is 4.31 Å². The van der Waals surface area contributed by atoms with Crippen molar-refractivity contribution in [3.05, 3.63) is 59.7 Å². The highest BCUT2D eigenvalue weighted by molar-refractivity contribution is 7.92. The van der Waals surface area contributed by atoms with Crippen LogP contribution in [0.2, 0.25) is 0 Å². The van der Waals surface area contributed by atoms with Gasteiger partial charge < -0.3 is 5.32 Å². The lowest BCUT2D eigenvalue weighted by Crippen LogP contribution is -2.35. The van der Waals surface area contributed by atoms with Crippen LogP contribution in [0.3, 0.4) is 0 Å². The van der Waals surface area contributed by atoms with E-state index in [4.69, 9.17) is 0 Å². The van der Waals surface area contributed by atoms with Crippen molar-refractivity contribution in [3.8, 4) is 0 Å². The van der Waals surface area contributed by atoms with E-state index in [0.29, 0.717) is 24.2 Å². The Hall–Kier alpha value is -2.34. The molecule has 2 aromatic rings. The highest BCUT2D eigenvalue weighted by Gasteiger charge is 2.36. The Balaban J connectivity index is 2.01. The van der Waals surface area contributed by atoms with Crippen molar-refractivity contribution < 1.29 is 13.2 Å². The summed E-state index contributed by atoms with van der Waals surface area (Å²) in [5.74, 6) is -0.141. The van der Waals surface area contributed by atoms with Gasteiger partial charge in [-0.25, -0.2) is 8.42 Å². The number of carbonyl (C=O) groups is 1. The predicted molar refractivity (Wildman–Crippen MR) is 93.7 cm³/mol. The van der Waals surface area contributed by atoms with Gasteiger partial charge in [0, 0.05) is 18.2 Å². The van der Waals surface area contributed by atoms with Crippen molar-refractivity contribution in [1.82, 2.24) is 5.32 Å². The molecular weight excluding hydrogens is 324 g/mol. The standard InChI is InChI=1S/C18H20N2O3S/c1-3-19-18(21)14-9-10-17-15(12-14)11-13(2)20(17)24(22,23)16-7-5-4-6-8-16/h4-10,12-13H,3,11H2,1-2H3,(H,19,21)/t13-/m1/s1. The van der Waals surface area contributed by atoms with Crippen LogP contribution >= 0.6 is 0 Å². The molecule has 1 amide bonds. The van der Waals surface area contributed by atoms with Crippen molar-refractivity contribution in [2.24, 2.45) is 0 Å². The first-order chi connectivity index (χ1) is 11.4. The first-order valence-corrected chi connectivity index (χ1v) is 9.39. The molecule has 1 aliphatic heterocycles. The maximum absolute atomic E-state index is 13.0. The van der Waals surface area contributed by atoms with Crippen molar-refractivity contribution in [2.75, 3.05) is 10.8 Å². The maximum atomic E-state index is 13.0. The summed E-state index contributed by atoms with van der Waals surface area (Å²) in [6.07, 6.45) is 0.592. The second kappa shape index (κ2) is 6.28. The van der Waals surface area contributed by atoms with Crippen LogP contribution in [0.5, 0.6) is 0 Å². The molecule has 0 spiro atoms. The third-order valence-corrected chi connectivity index (χ3v) is 6.07. The van der Waals surface area contributed by atoms with Gasteiger partial charge in [-0.3, -0.25) is 9.10 Å². The molecule has 3 rings (SSSR count). The SMILES string of the molecule is CCNC(=O)c1ccc2c(c1)C[C@@H](C)N2S(=O)(=O)c1ccccc1. The van der Waals surface area contributed by atoms with Crippen LogP contribution in [-0.4, -0.2) is 26.9 Å². The Labute approximate surface area is 142 Å². The number of anilines is 1. The van der Waals surface area contributed by atoms with Gasteiger partial charge in [0.2, 0.25) is 0 Å². The number of amides is 1. The minimum atomic E-state index is -3.61. The van der Waals surface area contributed by atoms with Crippen LogP contribution in [0.15, 0.2) is 53.4 Å². The van der Waals surface area contributed by atoms with E-state index in [1.54, 1.807) is 48.5 Å². The third kappa shape index (κ3) is 2.78. The summed E-state index contributed by atoms with van der Waals surface area (Å²) in [4.78, 5) is 12.3. The van der Waals surface area contributed by atoms with Gasteiger partial charge in [-0.05, 0) is 56.2 Å². The van der Waals surface area contributed by atoms with Crippen LogP contribution in [-0.2, 0) is 16.4 Å². The number of fused-ring (bicyclic) bond motifs is 1. The number of nitrogens with zero attached hydrogens (tertiary/aromatic N) is 1. The molecule has 1 N–H and O–H groups in total. The molecule has 0 aliphatic carbocycles. The third-order valence-electron chi connectivity index (χ3n) is 4.13. The van der Waals surface area contributed by atoms with Crippen molar-refractivity contribution in [3.63, 3.8) is 0 Å². The lowest BCUT2D eigenvalue weighted by molar-refractivity contribution is 0.0955. The van der Waals surface area contributed by atoms with Crippen molar-refractivity contribution in [1.29, 1.82) is 0 Å². The zero-order valence-electron chi connectivity index (χ0n) is 13.7. The van der Waals surface area contributed by atoms with E-state index < -0.39 is 10.0 Å². The highest BCUT2D eigenvalue weighted by atomic mass is 32.2. The normalized spacial score (nSPS) is 16.8. The number of nitrogens with one attached hydrogen (secondary N) is 1. The summed E-state index contributed by atoms with van der Waals surface area (Å²) in [6.45, 7) is 4.30. The number of hydrogen-bond donors (Lipinski definition) is 1. The lowest BCUT2D eigenvalue weighted by atomic mass is 10.1. The molecule has 0 fully saturated rings. The van der Waals surface area contributed by atoms with Crippen molar-refractivity contribution >= 4 is 21.6 Å². The van der Waals surface area contributed by atoms with E-state index in [0.717, 1.165) is 5.56 Å². The average Bonchev–Trinajstić information content (AvgIpc) is 2.91. The van der Waals surface area contributed by atoms with E-state index in [2.05, 4.69) is 5.32 Å². The maximum Gasteiger partial charge on any atom is 0.264 e. The monoisotopic (exact) mass is 344 g/mol. The summed E-state index contributed by atoms with van der Waals surface area (Å²) in [5, 5.41) is 2.76. The Bertz CT molecular complexity index is 863. The number of sulfonamides is 1. The molecule has 1 atom stereocenters. The summed E-state index contributed by atoms with van der Waals surface area (Å²) in [7, 11) is -3.61. The number of hydrogen-bond acceptors (Lipinski definition) is 3. The molecule has 6 heteroatoms. The summed E-state index contributed by atoms with van der Waals surface area (Å²) in [6, 6.07) is 13.4. The Morgan fingerprint density at radius 3 is 2.58 bits per heavy atom. The fourth-order valence-corrected chi connectivity index (χ4v) is 4.79. The molecule has 126 valence electrons. The quantitative estimate of drug-likeness (QED) is 0.927. The molecule has 0 radical (unpaired) electrons. The fraction of sp³-hybridized carbons (Fsp3) is 0.278. The molecule has 2 aromatic carbocycles. The number of benzene rings is 2. The number of carbonyl (C=O) groups excluding carboxylic acids is 1. The summed E-state index contributed by atoms with van der Waals surface area (Å²) in [5.41, 5.74) is 2.09. The lowest BCUT2D eigenvalue weighted by Gasteiger charge is -2.24. The van der Waals surface area contributed by atoms with Crippen LogP contribution in [0.25, 0.3) is 0 Å². The molecule has 0 saturated carbocycles. The molecule has 24 heavy (non-hydrogen) atoms. The van der Waals surface area contributed by atoms with Gasteiger partial charge in [-0.2, -0.15) is 0 Å². The Morgan fingerprint density at radius 1 is 1.21 bits per heavy atom. The van der Waals surface area contributed by atoms with Gasteiger partial charge in [0.15, 0.2) is 0 Å². The molecular formula is C18H20N2O3S. The van der Waals surface area contributed by atoms with Gasteiger partial charge in [0.25, 0.3) is 15.9 Å². The van der Waals surface area contributed by atoms with Crippen LogP contribution in [0.4, 0.5) is 5.69 Å². The van der Waals surface area contributed by atoms with Crippen LogP contribution in [0.1, 0.15) is 29.8 Å². The van der Waals surface area contributed by atoms with Gasteiger partial charge in [-0.15, -0.1) is 0 Å². The molecule has 0 aromatic heterocycles. The average molecular weight is 344 g/mol. The zero-order chi connectivity index (χ0) is 17.3. The van der Waals surface area contributed by atoms with Gasteiger partial charge in [0.05, 0.1) is 10.6 Å². The Morgan fingerprint density at radius 2 is 1.92 bits per heavy atom. The predicted octanol–water partition coefficient (Wildman–Crippen LogP) is 2.58. The van der Waals surface area contributed by atoms with Crippen molar-refractivity contribution in [2.45, 2.75) is 31.2 Å². The minimum Gasteiger partial charge on any atom is -0.352 e. The Kier molecular flexibility index (Phi) is 4.32. The summed E-state index contributed by atoms with van der Waals surface area (Å²) < 4.78 is 27.4. The first kappa shape index (κ1) is 16.5. The molecule has 0 bridgehead atoms. The molecule has 0 unspecified atom stereocenters. The van der Waals surface area contributed by atoms with Gasteiger partial charge in [0.1, 0.15) is 0 Å². The largest absolute Gasteiger partial charge is 0.352 e. The van der Waals surface area contributed by atoms with Crippen LogP contribution < -0.4 is 9.62 Å². The van der Waals surface area contributed by atoms with Crippen LogP contribution in [0, 0.1) is 0 Å². The molecule has 1 heterocycles. The van der Waals surface area contributed by atoms with E-state index in [-0.39, 0.29) is 16.8 Å². The smallest absolute Gasteiger partial charge is 0.264 e. The fourth-order valence-electron chi connectivity index (χ4n) is 3.08. The molecule has 1 aliphatic rings. The van der Waals surface area contributed by atoms with E-state index in [9.17, 15) is 13.2 Å². The highest BCUT2D eigenvalue weighted by Crippen LogP contribution is 2.37. The van der Waals surface area contributed by atoms with Gasteiger partial charge in [-0.1, -0.05) is 18.2 Å². The topological polar surface area (TPSA) is 66.5 Å². The van der Waals surface area contributed by atoms with E-state index >= 15 is 0 Å². The molecule has 0 saturated heterocycles. The second-order valence-corrected chi connectivity index (χ2v) is 7.68. The second-order valence-electron chi connectivity index (χ2n) is 5.87.